The van der Waals surface area contributed by atoms with Crippen LogP contribution in [0.1, 0.15) is 22.7 Å². The summed E-state index contributed by atoms with van der Waals surface area (Å²) < 4.78 is 22.2. The van der Waals surface area contributed by atoms with E-state index in [2.05, 4.69) is 0 Å². The second-order valence-electron chi connectivity index (χ2n) is 6.19. The number of pyridine rings is 1. The molecule has 3 aromatic rings. The van der Waals surface area contributed by atoms with Crippen molar-refractivity contribution in [1.82, 2.24) is 4.57 Å². The number of anilines is 1. The fourth-order valence-electron chi connectivity index (χ4n) is 3.42. The number of carboxylic acids is 1. The molecule has 0 radical (unpaired) electrons. The van der Waals surface area contributed by atoms with Gasteiger partial charge in [0.1, 0.15) is 11.4 Å². The molecule has 1 unspecified atom stereocenters. The van der Waals surface area contributed by atoms with Crippen LogP contribution in [0.3, 0.4) is 0 Å². The van der Waals surface area contributed by atoms with Gasteiger partial charge in [-0.2, -0.15) is 0 Å². The van der Waals surface area contributed by atoms with Crippen LogP contribution in [0.25, 0.3) is 22.0 Å². The lowest BCUT2D eigenvalue weighted by atomic mass is 9.99. The van der Waals surface area contributed by atoms with Gasteiger partial charge in [-0.15, -0.1) is 0 Å². The maximum atomic E-state index is 15.0. The number of nitrogen functional groups attached to an aromatic ring is 1. The highest BCUT2D eigenvalue weighted by molar-refractivity contribution is 8.00. The normalized spacial score (nSPS) is 15.3. The summed E-state index contributed by atoms with van der Waals surface area (Å²) in [5.41, 5.74) is 6.33. The molecule has 1 aromatic heterocycles. The third-order valence-corrected chi connectivity index (χ3v) is 5.79. The summed E-state index contributed by atoms with van der Waals surface area (Å²) in [6, 6.07) is 7.72. The number of halogens is 1. The molecule has 0 spiro atoms. The average molecular weight is 386 g/mol. The van der Waals surface area contributed by atoms with Gasteiger partial charge >= 0.3 is 5.97 Å². The number of nitrogens with two attached hydrogens (primary N) is 1. The smallest absolute Gasteiger partial charge is 0.342 e. The molecule has 1 aliphatic rings. The van der Waals surface area contributed by atoms with Crippen LogP contribution >= 0.6 is 11.8 Å². The number of benzene rings is 2. The molecule has 0 saturated heterocycles. The third-order valence-electron chi connectivity index (χ3n) is 4.62. The number of nitrogens with zero attached hydrogens (tertiary/aromatic N) is 1. The van der Waals surface area contributed by atoms with Crippen molar-refractivity contribution in [1.29, 1.82) is 0 Å². The molecule has 0 saturated carbocycles. The van der Waals surface area contributed by atoms with Gasteiger partial charge in [-0.25, -0.2) is 9.18 Å². The SMILES string of the molecule is COc1c(-c2ccc(N)cc2)c(F)cc2c(=O)c(C(=O)O)c3n(c12)C(C)S3. The lowest BCUT2D eigenvalue weighted by Crippen LogP contribution is -2.28. The highest BCUT2D eigenvalue weighted by Crippen LogP contribution is 2.49. The minimum absolute atomic E-state index is 0.0168. The highest BCUT2D eigenvalue weighted by Gasteiger charge is 2.35. The van der Waals surface area contributed by atoms with Gasteiger partial charge in [-0.05, 0) is 30.7 Å². The third kappa shape index (κ3) is 2.40. The van der Waals surface area contributed by atoms with E-state index in [0.717, 1.165) is 6.07 Å². The van der Waals surface area contributed by atoms with Gasteiger partial charge in [-0.1, -0.05) is 23.9 Å². The topological polar surface area (TPSA) is 94.6 Å². The van der Waals surface area contributed by atoms with Crippen LogP contribution in [-0.2, 0) is 0 Å². The number of carbonyl (C=O) groups is 1. The maximum absolute atomic E-state index is 15.0. The van der Waals surface area contributed by atoms with Crippen molar-refractivity contribution in [3.63, 3.8) is 0 Å². The number of rotatable bonds is 3. The van der Waals surface area contributed by atoms with Crippen LogP contribution in [0.15, 0.2) is 40.2 Å². The molecule has 0 bridgehead atoms. The Morgan fingerprint density at radius 1 is 1.33 bits per heavy atom. The Morgan fingerprint density at radius 2 is 2.00 bits per heavy atom. The van der Waals surface area contributed by atoms with Crippen LogP contribution in [0, 0.1) is 5.82 Å². The molecule has 1 aliphatic heterocycles. The zero-order valence-electron chi connectivity index (χ0n) is 14.4. The summed E-state index contributed by atoms with van der Waals surface area (Å²) in [7, 11) is 1.40. The van der Waals surface area contributed by atoms with Crippen LogP contribution in [-0.4, -0.2) is 22.8 Å². The monoisotopic (exact) mass is 386 g/mol. The largest absolute Gasteiger partial charge is 0.494 e. The minimum atomic E-state index is -1.33. The molecule has 6 nitrogen and oxygen atoms in total. The molecular weight excluding hydrogens is 371 g/mol. The fraction of sp³-hybridized carbons (Fsp3) is 0.158. The number of carboxylic acid groups (broad SMARTS) is 1. The molecule has 2 heterocycles. The Morgan fingerprint density at radius 3 is 2.56 bits per heavy atom. The first-order valence-corrected chi connectivity index (χ1v) is 8.97. The van der Waals surface area contributed by atoms with Gasteiger partial charge in [0.25, 0.3) is 0 Å². The molecule has 2 aromatic carbocycles. The van der Waals surface area contributed by atoms with Gasteiger partial charge in [-0.3, -0.25) is 4.79 Å². The van der Waals surface area contributed by atoms with E-state index in [9.17, 15) is 14.7 Å². The van der Waals surface area contributed by atoms with Crippen molar-refractivity contribution in [3.05, 3.63) is 51.9 Å². The van der Waals surface area contributed by atoms with Crippen molar-refractivity contribution in [2.75, 3.05) is 12.8 Å². The summed E-state index contributed by atoms with van der Waals surface area (Å²) in [6.07, 6.45) is 0. The fourth-order valence-corrected chi connectivity index (χ4v) is 4.56. The van der Waals surface area contributed by atoms with E-state index in [0.29, 0.717) is 21.8 Å². The Bertz CT molecular complexity index is 1170. The van der Waals surface area contributed by atoms with Gasteiger partial charge in [0, 0.05) is 5.69 Å². The predicted molar refractivity (Wildman–Crippen MR) is 102 cm³/mol. The van der Waals surface area contributed by atoms with E-state index in [1.54, 1.807) is 28.8 Å². The van der Waals surface area contributed by atoms with Crippen molar-refractivity contribution >= 4 is 34.3 Å². The molecule has 27 heavy (non-hydrogen) atoms. The van der Waals surface area contributed by atoms with Crippen LogP contribution < -0.4 is 15.9 Å². The molecule has 3 N–H and O–H groups in total. The van der Waals surface area contributed by atoms with Gasteiger partial charge in [0.05, 0.1) is 34.0 Å². The lowest BCUT2D eigenvalue weighted by molar-refractivity contribution is 0.0689. The summed E-state index contributed by atoms with van der Waals surface area (Å²) >= 11 is 1.28. The Labute approximate surface area is 157 Å². The second kappa shape index (κ2) is 6.02. The molecule has 0 fully saturated rings. The number of aromatic nitrogens is 1. The van der Waals surface area contributed by atoms with E-state index >= 15 is 4.39 Å². The number of methoxy groups -OCH3 is 1. The molecular formula is C19H15FN2O4S. The first kappa shape index (κ1) is 17.4. The Kier molecular flexibility index (Phi) is 3.88. The van der Waals surface area contributed by atoms with E-state index in [1.165, 1.54) is 18.9 Å². The number of hydrogen-bond acceptors (Lipinski definition) is 5. The minimum Gasteiger partial charge on any atom is -0.494 e. The summed E-state index contributed by atoms with van der Waals surface area (Å²) in [5, 5.41) is 9.66. The van der Waals surface area contributed by atoms with Gasteiger partial charge in [0.2, 0.25) is 5.43 Å². The number of hydrogen-bond donors (Lipinski definition) is 2. The number of thioether (sulfide) groups is 1. The lowest BCUT2D eigenvalue weighted by Gasteiger charge is -2.33. The molecule has 138 valence electrons. The summed E-state index contributed by atoms with van der Waals surface area (Å²) in [6.45, 7) is 1.87. The number of ether oxygens (including phenoxy) is 1. The van der Waals surface area contributed by atoms with Crippen molar-refractivity contribution in [2.24, 2.45) is 0 Å². The second-order valence-corrected chi connectivity index (χ2v) is 7.49. The molecule has 0 amide bonds. The van der Waals surface area contributed by atoms with E-state index in [-0.39, 0.29) is 27.6 Å². The van der Waals surface area contributed by atoms with E-state index in [1.807, 2.05) is 6.92 Å². The predicted octanol–water partition coefficient (Wildman–Crippen LogP) is 3.72. The average Bonchev–Trinajstić information content (AvgIpc) is 2.61. The van der Waals surface area contributed by atoms with Crippen LogP contribution in [0.2, 0.25) is 0 Å². The van der Waals surface area contributed by atoms with Crippen molar-refractivity contribution < 1.29 is 19.0 Å². The molecule has 8 heteroatoms. The zero-order chi connectivity index (χ0) is 19.5. The first-order chi connectivity index (χ1) is 12.8. The molecule has 1 atom stereocenters. The standard InChI is InChI=1S/C19H15FN2O4S/c1-8-22-15-11(16(23)14(19(24)25)18(22)27-8)7-12(20)13(17(15)26-2)9-3-5-10(21)6-4-9/h3-8H,21H2,1-2H3,(H,24,25). The molecule has 4 rings (SSSR count). The number of fused-ring (bicyclic) bond motifs is 3. The van der Waals surface area contributed by atoms with Crippen LogP contribution in [0.5, 0.6) is 5.75 Å². The van der Waals surface area contributed by atoms with Gasteiger partial charge < -0.3 is 20.1 Å². The summed E-state index contributed by atoms with van der Waals surface area (Å²) in [5.74, 6) is -1.80. The Hall–Kier alpha value is -3.00. The van der Waals surface area contributed by atoms with Crippen molar-refractivity contribution in [2.45, 2.75) is 17.3 Å². The van der Waals surface area contributed by atoms with E-state index < -0.39 is 17.2 Å². The maximum Gasteiger partial charge on any atom is 0.342 e. The first-order valence-electron chi connectivity index (χ1n) is 8.09. The van der Waals surface area contributed by atoms with E-state index in [4.69, 9.17) is 10.5 Å². The van der Waals surface area contributed by atoms with Gasteiger partial charge in [0.15, 0.2) is 5.75 Å². The highest BCUT2D eigenvalue weighted by atomic mass is 32.2. The quantitative estimate of drug-likeness (QED) is 0.666. The zero-order valence-corrected chi connectivity index (χ0v) is 15.3. The number of aromatic carboxylic acids is 1. The van der Waals surface area contributed by atoms with Crippen LogP contribution in [0.4, 0.5) is 10.1 Å². The van der Waals surface area contributed by atoms with Crippen molar-refractivity contribution in [3.8, 4) is 16.9 Å². The Balaban J connectivity index is 2.17. The molecule has 0 aliphatic carbocycles. The summed E-state index contributed by atoms with van der Waals surface area (Å²) in [4.78, 5) is 24.3.